The van der Waals surface area contributed by atoms with Crippen LogP contribution < -0.4 is 0 Å². The van der Waals surface area contributed by atoms with E-state index < -0.39 is 32.4 Å². The van der Waals surface area contributed by atoms with E-state index in [0.29, 0.717) is 0 Å². The third-order valence-electron chi connectivity index (χ3n) is 3.95. The van der Waals surface area contributed by atoms with Crippen LogP contribution in [0.4, 0.5) is 5.69 Å². The minimum absolute atomic E-state index is 0.0192. The molecule has 0 aliphatic heterocycles. The van der Waals surface area contributed by atoms with Gasteiger partial charge in [-0.05, 0) is 38.1 Å². The monoisotopic (exact) mass is 432 g/mol. The third-order valence-corrected chi connectivity index (χ3v) is 5.43. The van der Waals surface area contributed by atoms with Crippen LogP contribution in [0.2, 0.25) is 0 Å². The van der Waals surface area contributed by atoms with Gasteiger partial charge < -0.3 is 9.84 Å². The van der Waals surface area contributed by atoms with Crippen LogP contribution in [0.3, 0.4) is 0 Å². The number of aliphatic hydroxyl groups is 1. The van der Waals surface area contributed by atoms with Gasteiger partial charge in [-0.15, -0.1) is 0 Å². The summed E-state index contributed by atoms with van der Waals surface area (Å²) >= 11 is 0. The molecule has 9 nitrogen and oxygen atoms in total. The number of nitro groups is 1. The number of esters is 1. The number of aliphatic imine (C=N–C) groups is 1. The lowest BCUT2D eigenvalue weighted by Gasteiger charge is -2.07. The molecule has 0 aliphatic rings. The number of non-ortho nitro benzene ring substituents is 1. The third kappa shape index (κ3) is 5.74. The van der Waals surface area contributed by atoms with Crippen molar-refractivity contribution in [1.29, 1.82) is 0 Å². The maximum absolute atomic E-state index is 12.4. The first-order valence-electron chi connectivity index (χ1n) is 8.80. The first-order chi connectivity index (χ1) is 14.2. The SMILES string of the molecule is CCOC(=O)C(/C=N/CS(=O)(=O)c1ccc(C)cc1)=C(/O)c1ccc([N+](=O)[O-])cc1. The van der Waals surface area contributed by atoms with Crippen LogP contribution >= 0.6 is 0 Å². The number of nitrogens with zero attached hydrogens (tertiary/aromatic N) is 2. The molecule has 0 amide bonds. The molecule has 0 saturated heterocycles. The zero-order valence-corrected chi connectivity index (χ0v) is 17.1. The van der Waals surface area contributed by atoms with E-state index in [0.717, 1.165) is 23.9 Å². The highest BCUT2D eigenvalue weighted by Crippen LogP contribution is 2.20. The predicted octanol–water partition coefficient (Wildman–Crippen LogP) is 3.24. The van der Waals surface area contributed by atoms with Gasteiger partial charge in [0.05, 0.1) is 16.4 Å². The first kappa shape index (κ1) is 22.8. The smallest absolute Gasteiger partial charge is 0.343 e. The fraction of sp³-hybridized carbons (Fsp3) is 0.200. The second-order valence-electron chi connectivity index (χ2n) is 6.16. The van der Waals surface area contributed by atoms with Crippen molar-refractivity contribution in [1.82, 2.24) is 0 Å². The van der Waals surface area contributed by atoms with E-state index in [1.165, 1.54) is 24.3 Å². The second-order valence-corrected chi connectivity index (χ2v) is 8.11. The molecule has 0 radical (unpaired) electrons. The summed E-state index contributed by atoms with van der Waals surface area (Å²) in [5.74, 6) is -2.10. The molecule has 2 aromatic carbocycles. The molecular weight excluding hydrogens is 412 g/mol. The number of carbonyl (C=O) groups excluding carboxylic acids is 1. The first-order valence-corrected chi connectivity index (χ1v) is 10.5. The summed E-state index contributed by atoms with van der Waals surface area (Å²) in [6.07, 6.45) is 0.917. The average molecular weight is 432 g/mol. The average Bonchev–Trinajstić information content (AvgIpc) is 2.71. The van der Waals surface area contributed by atoms with Gasteiger partial charge in [0.2, 0.25) is 0 Å². The number of carbonyl (C=O) groups is 1. The molecule has 0 fully saturated rings. The number of hydrogen-bond acceptors (Lipinski definition) is 8. The maximum atomic E-state index is 12.4. The van der Waals surface area contributed by atoms with E-state index in [4.69, 9.17) is 4.74 Å². The fourth-order valence-electron chi connectivity index (χ4n) is 2.36. The summed E-state index contributed by atoms with van der Waals surface area (Å²) in [6, 6.07) is 11.0. The highest BCUT2D eigenvalue weighted by Gasteiger charge is 2.18. The zero-order chi connectivity index (χ0) is 22.3. The molecule has 30 heavy (non-hydrogen) atoms. The van der Waals surface area contributed by atoms with E-state index in [-0.39, 0.29) is 28.3 Å². The highest BCUT2D eigenvalue weighted by molar-refractivity contribution is 7.91. The highest BCUT2D eigenvalue weighted by atomic mass is 32.2. The summed E-state index contributed by atoms with van der Waals surface area (Å²) in [6.45, 7) is 3.41. The molecule has 0 aromatic heterocycles. The molecule has 1 N–H and O–H groups in total. The van der Waals surface area contributed by atoms with E-state index in [2.05, 4.69) is 4.99 Å². The quantitative estimate of drug-likeness (QED) is 0.169. The molecule has 0 saturated carbocycles. The van der Waals surface area contributed by atoms with Crippen molar-refractivity contribution in [2.45, 2.75) is 18.7 Å². The molecule has 0 bridgehead atoms. The topological polar surface area (TPSA) is 136 Å². The molecular formula is C20H20N2O7S. The van der Waals surface area contributed by atoms with Gasteiger partial charge in [0.15, 0.2) is 9.84 Å². The molecule has 10 heteroatoms. The van der Waals surface area contributed by atoms with Crippen LogP contribution in [-0.2, 0) is 19.4 Å². The predicted molar refractivity (Wildman–Crippen MR) is 111 cm³/mol. The van der Waals surface area contributed by atoms with Crippen LogP contribution in [0, 0.1) is 17.0 Å². The van der Waals surface area contributed by atoms with Crippen LogP contribution in [0.25, 0.3) is 5.76 Å². The lowest BCUT2D eigenvalue weighted by Crippen LogP contribution is -2.12. The van der Waals surface area contributed by atoms with Crippen LogP contribution in [-0.4, -0.2) is 43.1 Å². The molecule has 2 aromatic rings. The standard InChI is InChI=1S/C20H20N2O7S/c1-3-29-20(24)18(19(23)15-6-8-16(9-7-15)22(25)26)12-21-13-30(27,28)17-10-4-14(2)5-11-17/h4-12,23H,3,13H2,1-2H3/b19-18+,21-12+. The number of aliphatic hydroxyl groups excluding tert-OH is 1. The molecule has 0 heterocycles. The molecule has 158 valence electrons. The Morgan fingerprint density at radius 1 is 1.17 bits per heavy atom. The van der Waals surface area contributed by atoms with Crippen molar-refractivity contribution in [2.75, 3.05) is 12.5 Å². The van der Waals surface area contributed by atoms with E-state index >= 15 is 0 Å². The van der Waals surface area contributed by atoms with Gasteiger partial charge in [0.25, 0.3) is 5.69 Å². The van der Waals surface area contributed by atoms with Crippen molar-refractivity contribution in [3.05, 3.63) is 75.3 Å². The summed E-state index contributed by atoms with van der Waals surface area (Å²) in [5, 5.41) is 21.2. The van der Waals surface area contributed by atoms with Crippen molar-refractivity contribution in [2.24, 2.45) is 4.99 Å². The van der Waals surface area contributed by atoms with Gasteiger partial charge in [-0.1, -0.05) is 17.7 Å². The van der Waals surface area contributed by atoms with E-state index in [1.54, 1.807) is 19.1 Å². The van der Waals surface area contributed by atoms with Crippen molar-refractivity contribution >= 4 is 33.5 Å². The number of benzene rings is 2. The van der Waals surface area contributed by atoms with Crippen molar-refractivity contribution in [3.8, 4) is 0 Å². The Morgan fingerprint density at radius 3 is 2.30 bits per heavy atom. The van der Waals surface area contributed by atoms with Crippen molar-refractivity contribution < 1.29 is 28.0 Å². The van der Waals surface area contributed by atoms with Gasteiger partial charge in [-0.25, -0.2) is 13.2 Å². The normalized spacial score (nSPS) is 12.5. The number of nitro benzene ring substituents is 1. The zero-order valence-electron chi connectivity index (χ0n) is 16.3. The summed E-state index contributed by atoms with van der Waals surface area (Å²) in [5.41, 5.74) is 0.446. The summed E-state index contributed by atoms with van der Waals surface area (Å²) in [4.78, 5) is 26.2. The number of ether oxygens (including phenoxy) is 1. The second kappa shape index (κ2) is 9.79. The minimum atomic E-state index is -3.75. The number of sulfone groups is 1. The van der Waals surface area contributed by atoms with Gasteiger partial charge >= 0.3 is 5.97 Å². The summed E-state index contributed by atoms with van der Waals surface area (Å²) < 4.78 is 29.7. The van der Waals surface area contributed by atoms with Crippen LogP contribution in [0.5, 0.6) is 0 Å². The molecule has 0 spiro atoms. The largest absolute Gasteiger partial charge is 0.506 e. The van der Waals surface area contributed by atoms with Crippen LogP contribution in [0.1, 0.15) is 18.1 Å². The van der Waals surface area contributed by atoms with E-state index in [1.807, 2.05) is 6.92 Å². The minimum Gasteiger partial charge on any atom is -0.506 e. The van der Waals surface area contributed by atoms with Gasteiger partial charge in [-0.3, -0.25) is 15.1 Å². The Bertz CT molecular complexity index is 1090. The molecule has 0 unspecified atom stereocenters. The Hall–Kier alpha value is -3.53. The van der Waals surface area contributed by atoms with Crippen molar-refractivity contribution in [3.63, 3.8) is 0 Å². The Kier molecular flexibility index (Phi) is 7.43. The Labute approximate surface area is 173 Å². The number of aryl methyl sites for hydroxylation is 1. The summed E-state index contributed by atoms with van der Waals surface area (Å²) in [7, 11) is -3.75. The van der Waals surface area contributed by atoms with Gasteiger partial charge in [0.1, 0.15) is 17.2 Å². The lowest BCUT2D eigenvalue weighted by atomic mass is 10.1. The van der Waals surface area contributed by atoms with Gasteiger partial charge in [0, 0.05) is 23.9 Å². The lowest BCUT2D eigenvalue weighted by molar-refractivity contribution is -0.384. The Morgan fingerprint density at radius 2 is 1.77 bits per heavy atom. The molecule has 0 atom stereocenters. The number of hydrogen-bond donors (Lipinski definition) is 1. The fourth-order valence-corrected chi connectivity index (χ4v) is 3.33. The van der Waals surface area contributed by atoms with Gasteiger partial charge in [-0.2, -0.15) is 0 Å². The number of rotatable bonds is 8. The van der Waals surface area contributed by atoms with E-state index in [9.17, 15) is 28.4 Å². The maximum Gasteiger partial charge on any atom is 0.343 e. The molecule has 0 aliphatic carbocycles. The Balaban J connectivity index is 2.34. The van der Waals surface area contributed by atoms with Crippen LogP contribution in [0.15, 0.2) is 64.0 Å². The molecule has 2 rings (SSSR count).